The highest BCUT2D eigenvalue weighted by atomic mass is 16.7. The Kier molecular flexibility index (Phi) is 4.89. The Labute approximate surface area is 136 Å². The van der Waals surface area contributed by atoms with Crippen LogP contribution in [-0.2, 0) is 14.4 Å². The van der Waals surface area contributed by atoms with Gasteiger partial charge in [-0.25, -0.2) is 0 Å². The summed E-state index contributed by atoms with van der Waals surface area (Å²) in [5.41, 5.74) is 4.28. The van der Waals surface area contributed by atoms with Gasteiger partial charge in [0.1, 0.15) is 0 Å². The second-order valence-electron chi connectivity index (χ2n) is 5.65. The maximum Gasteiger partial charge on any atom is 0.329 e. The fourth-order valence-electron chi connectivity index (χ4n) is 2.67. The zero-order valence-electron chi connectivity index (χ0n) is 14.2. The molecule has 122 valence electrons. The predicted octanol–water partition coefficient (Wildman–Crippen LogP) is 3.48. The number of amides is 1. The van der Waals surface area contributed by atoms with Crippen molar-refractivity contribution in [3.05, 3.63) is 53.3 Å². The molecule has 0 aliphatic carbocycles. The van der Waals surface area contributed by atoms with Crippen molar-refractivity contribution in [1.82, 2.24) is 9.63 Å². The smallest absolute Gasteiger partial charge is 0.329 e. The first-order valence-corrected chi connectivity index (χ1v) is 7.55. The van der Waals surface area contributed by atoms with E-state index in [-0.39, 0.29) is 11.9 Å². The summed E-state index contributed by atoms with van der Waals surface area (Å²) in [7, 11) is 0. The highest BCUT2D eigenvalue weighted by molar-refractivity contribution is 5.75. The lowest BCUT2D eigenvalue weighted by Crippen LogP contribution is -2.33. The third-order valence-electron chi connectivity index (χ3n) is 3.79. The van der Waals surface area contributed by atoms with Gasteiger partial charge >= 0.3 is 5.97 Å². The van der Waals surface area contributed by atoms with Crippen molar-refractivity contribution >= 4 is 11.9 Å². The summed E-state index contributed by atoms with van der Waals surface area (Å²) in [4.78, 5) is 27.8. The van der Waals surface area contributed by atoms with E-state index < -0.39 is 5.97 Å². The fraction of sp³-hybridized carbons (Fsp3) is 0.333. The molecule has 0 aliphatic rings. The molecule has 0 fully saturated rings. The van der Waals surface area contributed by atoms with Crippen molar-refractivity contribution in [3.8, 4) is 5.69 Å². The van der Waals surface area contributed by atoms with Crippen LogP contribution in [0.15, 0.2) is 36.4 Å². The van der Waals surface area contributed by atoms with Gasteiger partial charge in [0.15, 0.2) is 0 Å². The number of aryl methyl sites for hydroxylation is 2. The number of hydrogen-bond donors (Lipinski definition) is 0. The average Bonchev–Trinajstić information content (AvgIpc) is 2.83. The maximum absolute atomic E-state index is 11.7. The van der Waals surface area contributed by atoms with Gasteiger partial charge in [0.2, 0.25) is 0 Å². The maximum atomic E-state index is 11.7. The first-order chi connectivity index (χ1) is 10.8. The van der Waals surface area contributed by atoms with Crippen molar-refractivity contribution in [2.75, 3.05) is 0 Å². The van der Waals surface area contributed by atoms with Gasteiger partial charge in [-0.1, -0.05) is 12.1 Å². The molecule has 0 aliphatic heterocycles. The molecule has 0 saturated carbocycles. The van der Waals surface area contributed by atoms with Gasteiger partial charge in [-0.3, -0.25) is 9.59 Å². The van der Waals surface area contributed by atoms with E-state index in [1.54, 1.807) is 0 Å². The molecule has 1 amide bonds. The summed E-state index contributed by atoms with van der Waals surface area (Å²) in [6, 6.07) is 11.7. The third-order valence-corrected chi connectivity index (χ3v) is 3.79. The van der Waals surface area contributed by atoms with E-state index in [9.17, 15) is 9.59 Å². The summed E-state index contributed by atoms with van der Waals surface area (Å²) in [6.45, 7) is 8.60. The van der Waals surface area contributed by atoms with E-state index >= 15 is 0 Å². The van der Waals surface area contributed by atoms with Crippen molar-refractivity contribution in [2.24, 2.45) is 0 Å². The summed E-state index contributed by atoms with van der Waals surface area (Å²) >= 11 is 0. The summed E-state index contributed by atoms with van der Waals surface area (Å²) in [5.74, 6) is -0.823. The molecule has 2 rings (SSSR count). The highest BCUT2D eigenvalue weighted by Crippen LogP contribution is 2.23. The van der Waals surface area contributed by atoms with Crippen molar-refractivity contribution in [3.63, 3.8) is 0 Å². The minimum atomic E-state index is -0.512. The molecule has 0 bridgehead atoms. The Morgan fingerprint density at radius 2 is 1.52 bits per heavy atom. The van der Waals surface area contributed by atoms with Crippen LogP contribution in [0.3, 0.4) is 0 Å². The molecule has 0 saturated heterocycles. The quantitative estimate of drug-likeness (QED) is 0.815. The molecule has 0 radical (unpaired) electrons. The molecule has 5 nitrogen and oxygen atoms in total. The van der Waals surface area contributed by atoms with Crippen LogP contribution in [0.1, 0.15) is 43.8 Å². The highest BCUT2D eigenvalue weighted by Gasteiger charge is 2.22. The largest absolute Gasteiger partial charge is 0.338 e. The van der Waals surface area contributed by atoms with Gasteiger partial charge in [0.05, 0.1) is 6.04 Å². The molecule has 1 atom stereocenters. The minimum absolute atomic E-state index is 0.311. The molecule has 2 aromatic rings. The van der Waals surface area contributed by atoms with Crippen molar-refractivity contribution in [2.45, 2.75) is 40.7 Å². The molecule has 0 N–H and O–H groups in total. The molecular formula is C18H22N2O3. The molecule has 1 heterocycles. The number of carbonyl (C=O) groups excluding carboxylic acids is 2. The predicted molar refractivity (Wildman–Crippen MR) is 87.9 cm³/mol. The topological polar surface area (TPSA) is 51.5 Å². The Morgan fingerprint density at radius 3 is 1.96 bits per heavy atom. The van der Waals surface area contributed by atoms with Gasteiger partial charge in [-0.05, 0) is 50.6 Å². The van der Waals surface area contributed by atoms with Crippen molar-refractivity contribution in [1.29, 1.82) is 0 Å². The lowest BCUT2D eigenvalue weighted by molar-refractivity contribution is -0.203. The lowest BCUT2D eigenvalue weighted by Gasteiger charge is -2.26. The third kappa shape index (κ3) is 3.62. The van der Waals surface area contributed by atoms with Crippen LogP contribution in [0.4, 0.5) is 0 Å². The zero-order valence-corrected chi connectivity index (χ0v) is 14.2. The average molecular weight is 314 g/mol. The number of nitrogens with zero attached hydrogens (tertiary/aromatic N) is 2. The Balaban J connectivity index is 2.28. The first-order valence-electron chi connectivity index (χ1n) is 7.55. The van der Waals surface area contributed by atoms with Gasteiger partial charge < -0.3 is 9.40 Å². The first kappa shape index (κ1) is 16.8. The zero-order chi connectivity index (χ0) is 17.1. The van der Waals surface area contributed by atoms with E-state index in [0.717, 1.165) is 27.7 Å². The molecule has 23 heavy (non-hydrogen) atoms. The molecule has 1 aromatic carbocycles. The van der Waals surface area contributed by atoms with Crippen LogP contribution in [0.2, 0.25) is 0 Å². The molecule has 0 spiro atoms. The van der Waals surface area contributed by atoms with Gasteiger partial charge in [-0.2, -0.15) is 5.06 Å². The molecule has 1 unspecified atom stereocenters. The van der Waals surface area contributed by atoms with Gasteiger partial charge in [0, 0.05) is 30.9 Å². The summed E-state index contributed by atoms with van der Waals surface area (Å²) < 4.78 is 2.16. The number of aromatic nitrogens is 1. The number of rotatable bonds is 3. The lowest BCUT2D eigenvalue weighted by atomic mass is 10.1. The van der Waals surface area contributed by atoms with Gasteiger partial charge in [0.25, 0.3) is 5.91 Å². The van der Waals surface area contributed by atoms with Crippen LogP contribution in [0, 0.1) is 13.8 Å². The van der Waals surface area contributed by atoms with Crippen LogP contribution in [0.5, 0.6) is 0 Å². The van der Waals surface area contributed by atoms with Gasteiger partial charge in [-0.15, -0.1) is 0 Å². The van der Waals surface area contributed by atoms with E-state index in [1.807, 2.05) is 31.2 Å². The molecule has 1 aromatic heterocycles. The van der Waals surface area contributed by atoms with Crippen LogP contribution in [-0.4, -0.2) is 21.5 Å². The van der Waals surface area contributed by atoms with E-state index in [2.05, 4.69) is 30.5 Å². The monoisotopic (exact) mass is 314 g/mol. The number of hydroxylamine groups is 2. The summed E-state index contributed by atoms with van der Waals surface area (Å²) in [6.07, 6.45) is 0. The Bertz CT molecular complexity index is 697. The van der Waals surface area contributed by atoms with Crippen LogP contribution >= 0.6 is 0 Å². The van der Waals surface area contributed by atoms with E-state index in [1.165, 1.54) is 13.8 Å². The Hall–Kier alpha value is -2.56. The van der Waals surface area contributed by atoms with Crippen LogP contribution < -0.4 is 0 Å². The normalized spacial score (nSPS) is 11.9. The second kappa shape index (κ2) is 6.69. The van der Waals surface area contributed by atoms with Crippen LogP contribution in [0.25, 0.3) is 5.69 Å². The Morgan fingerprint density at radius 1 is 1.00 bits per heavy atom. The summed E-state index contributed by atoms with van der Waals surface area (Å²) in [5, 5.41) is 1.10. The minimum Gasteiger partial charge on any atom is -0.338 e. The van der Waals surface area contributed by atoms with E-state index in [0.29, 0.717) is 0 Å². The number of benzene rings is 1. The fourth-order valence-corrected chi connectivity index (χ4v) is 2.67. The molecule has 5 heteroatoms. The number of carbonyl (C=O) groups is 2. The van der Waals surface area contributed by atoms with E-state index in [4.69, 9.17) is 4.84 Å². The standard InChI is InChI=1S/C18H22N2O3/c1-12-6-7-13(2)19(12)18-10-8-17(9-11-18)14(3)20(15(4)21)23-16(5)22/h6-11,14H,1-5H3. The van der Waals surface area contributed by atoms with Crippen molar-refractivity contribution < 1.29 is 14.4 Å². The SMILES string of the molecule is CC(=O)ON(C(C)=O)C(C)c1ccc(-n2c(C)ccc2C)cc1. The molecular weight excluding hydrogens is 292 g/mol. The second-order valence-corrected chi connectivity index (χ2v) is 5.65. The number of hydrogen-bond acceptors (Lipinski definition) is 3.